The van der Waals surface area contributed by atoms with Crippen LogP contribution in [0.2, 0.25) is 0 Å². The summed E-state index contributed by atoms with van der Waals surface area (Å²) in [6.45, 7) is 5.69. The number of anilines is 1. The van der Waals surface area contributed by atoms with E-state index in [1.165, 1.54) is 0 Å². The van der Waals surface area contributed by atoms with E-state index < -0.39 is 0 Å². The summed E-state index contributed by atoms with van der Waals surface area (Å²) >= 11 is 0. The minimum atomic E-state index is 0.119. The summed E-state index contributed by atoms with van der Waals surface area (Å²) in [5.41, 5.74) is 1.69. The second-order valence-corrected chi connectivity index (χ2v) is 5.28. The van der Waals surface area contributed by atoms with Gasteiger partial charge < -0.3 is 15.1 Å². The smallest absolute Gasteiger partial charge is 0.254 e. The van der Waals surface area contributed by atoms with E-state index >= 15 is 0 Å². The van der Waals surface area contributed by atoms with Gasteiger partial charge in [-0.1, -0.05) is 6.92 Å². The Labute approximate surface area is 121 Å². The molecule has 1 aromatic heterocycles. The van der Waals surface area contributed by atoms with E-state index in [0.717, 1.165) is 56.1 Å². The number of carbonyl (C=O) groups is 1. The van der Waals surface area contributed by atoms with Crippen molar-refractivity contribution in [2.45, 2.75) is 19.8 Å². The summed E-state index contributed by atoms with van der Waals surface area (Å²) in [4.78, 5) is 21.3. The Kier molecular flexibility index (Phi) is 4.95. The van der Waals surface area contributed by atoms with Gasteiger partial charge in [0.1, 0.15) is 5.82 Å². The number of likely N-dealkylation sites (N-methyl/N-ethyl adjacent to an activating group) is 1. The van der Waals surface area contributed by atoms with Crippen LogP contribution in [0.15, 0.2) is 12.1 Å². The van der Waals surface area contributed by atoms with Gasteiger partial charge in [0, 0.05) is 37.9 Å². The predicted molar refractivity (Wildman–Crippen MR) is 81.2 cm³/mol. The largest absolute Gasteiger partial charge is 0.373 e. The minimum absolute atomic E-state index is 0.119. The van der Waals surface area contributed by atoms with Crippen LogP contribution in [0.25, 0.3) is 0 Å². The molecular formula is C15H24N4O. The molecule has 2 heterocycles. The van der Waals surface area contributed by atoms with Crippen LogP contribution < -0.4 is 5.32 Å². The molecule has 1 aromatic rings. The van der Waals surface area contributed by atoms with Crippen molar-refractivity contribution in [3.8, 4) is 0 Å². The molecule has 1 amide bonds. The van der Waals surface area contributed by atoms with Crippen LogP contribution in [0.1, 0.15) is 29.4 Å². The second-order valence-electron chi connectivity index (χ2n) is 5.28. The van der Waals surface area contributed by atoms with E-state index in [1.807, 2.05) is 24.1 Å². The third-order valence-corrected chi connectivity index (χ3v) is 3.75. The highest BCUT2D eigenvalue weighted by Crippen LogP contribution is 2.14. The van der Waals surface area contributed by atoms with Crippen LogP contribution in [0.4, 0.5) is 5.82 Å². The van der Waals surface area contributed by atoms with Crippen molar-refractivity contribution >= 4 is 11.7 Å². The molecule has 0 aromatic carbocycles. The fraction of sp³-hybridized carbons (Fsp3) is 0.600. The normalized spacial score (nSPS) is 16.9. The average Bonchev–Trinajstić information content (AvgIpc) is 2.70. The van der Waals surface area contributed by atoms with Gasteiger partial charge in [-0.3, -0.25) is 4.79 Å². The molecule has 110 valence electrons. The van der Waals surface area contributed by atoms with Crippen LogP contribution in [-0.2, 0) is 6.42 Å². The molecule has 2 rings (SSSR count). The average molecular weight is 276 g/mol. The maximum absolute atomic E-state index is 12.6. The van der Waals surface area contributed by atoms with Crippen LogP contribution in [0.3, 0.4) is 0 Å². The molecule has 1 fully saturated rings. The monoisotopic (exact) mass is 276 g/mol. The minimum Gasteiger partial charge on any atom is -0.373 e. The van der Waals surface area contributed by atoms with E-state index in [9.17, 15) is 4.79 Å². The summed E-state index contributed by atoms with van der Waals surface area (Å²) in [6.07, 6.45) is 1.87. The lowest BCUT2D eigenvalue weighted by Gasteiger charge is -2.21. The molecule has 1 aliphatic rings. The van der Waals surface area contributed by atoms with Crippen molar-refractivity contribution in [3.05, 3.63) is 23.4 Å². The van der Waals surface area contributed by atoms with E-state index in [2.05, 4.69) is 29.2 Å². The molecule has 20 heavy (non-hydrogen) atoms. The highest BCUT2D eigenvalue weighted by Gasteiger charge is 2.19. The van der Waals surface area contributed by atoms with Gasteiger partial charge in [-0.15, -0.1) is 0 Å². The standard InChI is InChI=1S/C15H24N4O/c1-4-13-10-12(11-14(16-2)17-13)15(20)19-7-5-6-18(3)8-9-19/h10-11H,4-9H2,1-3H3,(H,16,17). The molecule has 0 radical (unpaired) electrons. The molecular weight excluding hydrogens is 252 g/mol. The molecule has 0 bridgehead atoms. The van der Waals surface area contributed by atoms with Crippen LogP contribution in [0.5, 0.6) is 0 Å². The molecule has 0 saturated carbocycles. The fourth-order valence-electron chi connectivity index (χ4n) is 2.45. The highest BCUT2D eigenvalue weighted by atomic mass is 16.2. The molecule has 0 aliphatic carbocycles. The topological polar surface area (TPSA) is 48.5 Å². The van der Waals surface area contributed by atoms with E-state index in [-0.39, 0.29) is 5.91 Å². The first kappa shape index (κ1) is 14.8. The van der Waals surface area contributed by atoms with Gasteiger partial charge in [0.15, 0.2) is 0 Å². The zero-order valence-electron chi connectivity index (χ0n) is 12.6. The van der Waals surface area contributed by atoms with E-state index in [1.54, 1.807) is 0 Å². The van der Waals surface area contributed by atoms with Crippen LogP contribution in [-0.4, -0.2) is 61.0 Å². The van der Waals surface area contributed by atoms with E-state index in [4.69, 9.17) is 0 Å². The van der Waals surface area contributed by atoms with Crippen molar-refractivity contribution in [2.24, 2.45) is 0 Å². The molecule has 1 saturated heterocycles. The number of aromatic nitrogens is 1. The molecule has 5 heteroatoms. The molecule has 1 N–H and O–H groups in total. The number of pyridine rings is 1. The van der Waals surface area contributed by atoms with Crippen molar-refractivity contribution < 1.29 is 4.79 Å². The Morgan fingerprint density at radius 2 is 2.10 bits per heavy atom. The van der Waals surface area contributed by atoms with Crippen molar-refractivity contribution in [1.29, 1.82) is 0 Å². The van der Waals surface area contributed by atoms with Gasteiger partial charge in [-0.25, -0.2) is 4.98 Å². The number of nitrogens with zero attached hydrogens (tertiary/aromatic N) is 3. The Balaban J connectivity index is 2.19. The molecule has 1 aliphatic heterocycles. The van der Waals surface area contributed by atoms with Gasteiger partial charge in [0.25, 0.3) is 5.91 Å². The number of aryl methyl sites for hydroxylation is 1. The van der Waals surface area contributed by atoms with Crippen molar-refractivity contribution in [1.82, 2.24) is 14.8 Å². The van der Waals surface area contributed by atoms with Crippen molar-refractivity contribution in [3.63, 3.8) is 0 Å². The van der Waals surface area contributed by atoms with Gasteiger partial charge in [-0.05, 0) is 38.6 Å². The summed E-state index contributed by atoms with van der Waals surface area (Å²) in [5, 5.41) is 3.03. The number of amides is 1. The number of hydrogen-bond acceptors (Lipinski definition) is 4. The van der Waals surface area contributed by atoms with Crippen molar-refractivity contribution in [2.75, 3.05) is 45.6 Å². The first-order chi connectivity index (χ1) is 9.63. The van der Waals surface area contributed by atoms with Crippen LogP contribution >= 0.6 is 0 Å². The zero-order valence-corrected chi connectivity index (χ0v) is 12.6. The maximum Gasteiger partial charge on any atom is 0.254 e. The maximum atomic E-state index is 12.6. The van der Waals surface area contributed by atoms with Gasteiger partial charge >= 0.3 is 0 Å². The number of hydrogen-bond donors (Lipinski definition) is 1. The third-order valence-electron chi connectivity index (χ3n) is 3.75. The first-order valence-electron chi connectivity index (χ1n) is 7.30. The molecule has 0 unspecified atom stereocenters. The number of carbonyl (C=O) groups excluding carboxylic acids is 1. The number of nitrogens with one attached hydrogen (secondary N) is 1. The lowest BCUT2D eigenvalue weighted by molar-refractivity contribution is 0.0762. The fourth-order valence-corrected chi connectivity index (χ4v) is 2.45. The SMILES string of the molecule is CCc1cc(C(=O)N2CCCN(C)CC2)cc(NC)n1. The predicted octanol–water partition coefficient (Wildman–Crippen LogP) is 1.46. The first-order valence-corrected chi connectivity index (χ1v) is 7.30. The van der Waals surface area contributed by atoms with Gasteiger partial charge in [-0.2, -0.15) is 0 Å². The lowest BCUT2D eigenvalue weighted by atomic mass is 10.1. The summed E-state index contributed by atoms with van der Waals surface area (Å²) < 4.78 is 0. The second kappa shape index (κ2) is 6.70. The molecule has 0 atom stereocenters. The Morgan fingerprint density at radius 1 is 1.30 bits per heavy atom. The summed E-state index contributed by atoms with van der Waals surface area (Å²) in [6, 6.07) is 3.76. The van der Waals surface area contributed by atoms with Gasteiger partial charge in [0.2, 0.25) is 0 Å². The lowest BCUT2D eigenvalue weighted by Crippen LogP contribution is -2.34. The van der Waals surface area contributed by atoms with Crippen LogP contribution in [0, 0.1) is 0 Å². The zero-order chi connectivity index (χ0) is 14.5. The van der Waals surface area contributed by atoms with E-state index in [0.29, 0.717) is 0 Å². The Morgan fingerprint density at radius 3 is 2.80 bits per heavy atom. The molecule has 0 spiro atoms. The Bertz CT molecular complexity index is 453. The van der Waals surface area contributed by atoms with Gasteiger partial charge in [0.05, 0.1) is 0 Å². The summed E-state index contributed by atoms with van der Waals surface area (Å²) in [7, 11) is 3.94. The third kappa shape index (κ3) is 3.48. The Hall–Kier alpha value is -1.62. The highest BCUT2D eigenvalue weighted by molar-refractivity contribution is 5.95. The number of rotatable bonds is 3. The molecule has 5 nitrogen and oxygen atoms in total. The quantitative estimate of drug-likeness (QED) is 0.908. The summed E-state index contributed by atoms with van der Waals surface area (Å²) in [5.74, 6) is 0.883.